The third kappa shape index (κ3) is 2.00. The zero-order chi connectivity index (χ0) is 11.1. The van der Waals surface area contributed by atoms with Gasteiger partial charge < -0.3 is 10.5 Å². The van der Waals surface area contributed by atoms with Crippen molar-refractivity contribution in [3.05, 3.63) is 29.3 Å². The molecule has 0 spiro atoms. The molecule has 0 radical (unpaired) electrons. The Labute approximate surface area is 91.4 Å². The van der Waals surface area contributed by atoms with Crippen LogP contribution in [0.4, 0.5) is 0 Å². The summed E-state index contributed by atoms with van der Waals surface area (Å²) in [7, 11) is 0. The Bertz CT molecular complexity index is 371. The SMILES string of the molecule is CC[C@H](N)c1ccc2c(c1)CC(C)(C)O2. The Morgan fingerprint density at radius 2 is 2.20 bits per heavy atom. The molecule has 1 aromatic carbocycles. The van der Waals surface area contributed by atoms with Gasteiger partial charge in [0.25, 0.3) is 0 Å². The van der Waals surface area contributed by atoms with Gasteiger partial charge in [0.15, 0.2) is 0 Å². The fraction of sp³-hybridized carbons (Fsp3) is 0.538. The van der Waals surface area contributed by atoms with E-state index in [0.717, 1.165) is 18.6 Å². The van der Waals surface area contributed by atoms with E-state index in [-0.39, 0.29) is 11.6 Å². The molecule has 2 nitrogen and oxygen atoms in total. The van der Waals surface area contributed by atoms with Gasteiger partial charge in [-0.3, -0.25) is 0 Å². The maximum atomic E-state index is 6.02. The van der Waals surface area contributed by atoms with E-state index in [1.54, 1.807) is 0 Å². The van der Waals surface area contributed by atoms with Gasteiger partial charge in [0.2, 0.25) is 0 Å². The van der Waals surface area contributed by atoms with Crippen molar-refractivity contribution in [1.29, 1.82) is 0 Å². The third-order valence-electron chi connectivity index (χ3n) is 2.95. The van der Waals surface area contributed by atoms with Gasteiger partial charge in [-0.15, -0.1) is 0 Å². The minimum Gasteiger partial charge on any atom is -0.487 e. The van der Waals surface area contributed by atoms with Crippen LogP contribution in [0.2, 0.25) is 0 Å². The van der Waals surface area contributed by atoms with Crippen molar-refractivity contribution in [2.75, 3.05) is 0 Å². The fourth-order valence-corrected chi connectivity index (χ4v) is 2.10. The minimum absolute atomic E-state index is 0.0583. The van der Waals surface area contributed by atoms with Gasteiger partial charge in [0.1, 0.15) is 11.4 Å². The summed E-state index contributed by atoms with van der Waals surface area (Å²) in [5.74, 6) is 1.02. The lowest BCUT2D eigenvalue weighted by Gasteiger charge is -2.16. The molecular formula is C13H19NO. The monoisotopic (exact) mass is 205 g/mol. The first-order valence-corrected chi connectivity index (χ1v) is 5.59. The van der Waals surface area contributed by atoms with Crippen LogP contribution in [-0.2, 0) is 6.42 Å². The van der Waals surface area contributed by atoms with E-state index in [2.05, 4.69) is 39.0 Å². The van der Waals surface area contributed by atoms with Gasteiger partial charge in [-0.1, -0.05) is 19.1 Å². The van der Waals surface area contributed by atoms with Crippen molar-refractivity contribution in [3.63, 3.8) is 0 Å². The summed E-state index contributed by atoms with van der Waals surface area (Å²) in [5.41, 5.74) is 8.47. The summed E-state index contributed by atoms with van der Waals surface area (Å²) < 4.78 is 5.82. The maximum Gasteiger partial charge on any atom is 0.123 e. The van der Waals surface area contributed by atoms with Crippen molar-refractivity contribution in [2.24, 2.45) is 5.73 Å². The Morgan fingerprint density at radius 1 is 1.47 bits per heavy atom. The van der Waals surface area contributed by atoms with Crippen molar-refractivity contribution in [3.8, 4) is 5.75 Å². The van der Waals surface area contributed by atoms with E-state index in [0.29, 0.717) is 0 Å². The minimum atomic E-state index is -0.0583. The van der Waals surface area contributed by atoms with Gasteiger partial charge in [-0.2, -0.15) is 0 Å². The molecule has 1 atom stereocenters. The van der Waals surface area contributed by atoms with Gasteiger partial charge >= 0.3 is 0 Å². The first-order chi connectivity index (χ1) is 7.02. The number of hydrogen-bond acceptors (Lipinski definition) is 2. The number of nitrogens with two attached hydrogens (primary N) is 1. The smallest absolute Gasteiger partial charge is 0.123 e. The zero-order valence-electron chi connectivity index (χ0n) is 9.71. The number of hydrogen-bond donors (Lipinski definition) is 1. The lowest BCUT2D eigenvalue weighted by Crippen LogP contribution is -2.24. The van der Waals surface area contributed by atoms with Crippen molar-refractivity contribution in [2.45, 2.75) is 45.3 Å². The summed E-state index contributed by atoms with van der Waals surface area (Å²) in [4.78, 5) is 0. The Kier molecular flexibility index (Phi) is 2.47. The molecular weight excluding hydrogens is 186 g/mol. The number of ether oxygens (including phenoxy) is 1. The second kappa shape index (κ2) is 3.53. The highest BCUT2D eigenvalue weighted by Crippen LogP contribution is 2.36. The second-order valence-corrected chi connectivity index (χ2v) is 4.92. The van der Waals surface area contributed by atoms with Crippen LogP contribution in [0.15, 0.2) is 18.2 Å². The molecule has 0 saturated heterocycles. The molecule has 1 aliphatic heterocycles. The normalized spacial score (nSPS) is 19.5. The predicted octanol–water partition coefficient (Wildman–Crippen LogP) is 2.81. The topological polar surface area (TPSA) is 35.2 Å². The van der Waals surface area contributed by atoms with Crippen LogP contribution in [0.5, 0.6) is 5.75 Å². The molecule has 1 aromatic rings. The van der Waals surface area contributed by atoms with E-state index in [1.807, 2.05) is 0 Å². The van der Waals surface area contributed by atoms with E-state index in [9.17, 15) is 0 Å². The molecule has 2 N–H and O–H groups in total. The molecule has 1 heterocycles. The van der Waals surface area contributed by atoms with Crippen molar-refractivity contribution < 1.29 is 4.74 Å². The van der Waals surface area contributed by atoms with Crippen molar-refractivity contribution in [1.82, 2.24) is 0 Å². The molecule has 0 aliphatic carbocycles. The molecule has 0 amide bonds. The molecule has 0 aromatic heterocycles. The van der Waals surface area contributed by atoms with Crippen LogP contribution in [0.1, 0.15) is 44.4 Å². The van der Waals surface area contributed by atoms with E-state index >= 15 is 0 Å². The lowest BCUT2D eigenvalue weighted by atomic mass is 9.97. The van der Waals surface area contributed by atoms with Gasteiger partial charge in [-0.25, -0.2) is 0 Å². The molecule has 1 aliphatic rings. The van der Waals surface area contributed by atoms with E-state index < -0.39 is 0 Å². The first-order valence-electron chi connectivity index (χ1n) is 5.59. The lowest BCUT2D eigenvalue weighted by molar-refractivity contribution is 0.138. The molecule has 15 heavy (non-hydrogen) atoms. The van der Waals surface area contributed by atoms with Crippen LogP contribution in [-0.4, -0.2) is 5.60 Å². The number of benzene rings is 1. The zero-order valence-corrected chi connectivity index (χ0v) is 9.71. The average Bonchev–Trinajstić information content (AvgIpc) is 2.49. The molecule has 0 bridgehead atoms. The maximum absolute atomic E-state index is 6.02. The molecule has 82 valence electrons. The highest BCUT2D eigenvalue weighted by molar-refractivity contribution is 5.42. The van der Waals surface area contributed by atoms with E-state index in [4.69, 9.17) is 10.5 Å². The number of fused-ring (bicyclic) bond motifs is 1. The highest BCUT2D eigenvalue weighted by atomic mass is 16.5. The Balaban J connectivity index is 2.30. The summed E-state index contributed by atoms with van der Waals surface area (Å²) in [6.45, 7) is 6.34. The molecule has 2 heteroatoms. The fourth-order valence-electron chi connectivity index (χ4n) is 2.10. The summed E-state index contributed by atoms with van der Waals surface area (Å²) >= 11 is 0. The largest absolute Gasteiger partial charge is 0.487 e. The van der Waals surface area contributed by atoms with Gasteiger partial charge in [0, 0.05) is 12.5 Å². The Morgan fingerprint density at radius 3 is 2.87 bits per heavy atom. The second-order valence-electron chi connectivity index (χ2n) is 4.92. The first kappa shape index (κ1) is 10.5. The van der Waals surface area contributed by atoms with E-state index in [1.165, 1.54) is 11.1 Å². The number of rotatable bonds is 2. The summed E-state index contributed by atoms with van der Waals surface area (Å²) in [6.07, 6.45) is 1.95. The van der Waals surface area contributed by atoms with Crippen LogP contribution in [0.3, 0.4) is 0 Å². The van der Waals surface area contributed by atoms with Crippen molar-refractivity contribution >= 4 is 0 Å². The molecule has 0 saturated carbocycles. The van der Waals surface area contributed by atoms with Gasteiger partial charge in [-0.05, 0) is 37.5 Å². The van der Waals surface area contributed by atoms with Crippen LogP contribution in [0.25, 0.3) is 0 Å². The van der Waals surface area contributed by atoms with Gasteiger partial charge in [0.05, 0.1) is 0 Å². The quantitative estimate of drug-likeness (QED) is 0.805. The van der Waals surface area contributed by atoms with Crippen LogP contribution >= 0.6 is 0 Å². The predicted molar refractivity (Wildman–Crippen MR) is 62.1 cm³/mol. The average molecular weight is 205 g/mol. The molecule has 2 rings (SSSR count). The van der Waals surface area contributed by atoms with Crippen LogP contribution in [0, 0.1) is 0 Å². The highest BCUT2D eigenvalue weighted by Gasteiger charge is 2.30. The summed E-state index contributed by atoms with van der Waals surface area (Å²) in [6, 6.07) is 6.47. The third-order valence-corrected chi connectivity index (χ3v) is 2.95. The summed E-state index contributed by atoms with van der Waals surface area (Å²) in [5, 5.41) is 0. The standard InChI is InChI=1S/C13H19NO/c1-4-11(14)9-5-6-12-10(7-9)8-13(2,3)15-12/h5-7,11H,4,8,14H2,1-3H3/t11-/m0/s1. The van der Waals surface area contributed by atoms with Crippen LogP contribution < -0.4 is 10.5 Å². The molecule has 0 unspecified atom stereocenters. The molecule has 0 fully saturated rings. The Hall–Kier alpha value is -1.02.